The summed E-state index contributed by atoms with van der Waals surface area (Å²) in [6, 6.07) is 12.7. The van der Waals surface area contributed by atoms with Gasteiger partial charge in [0.15, 0.2) is 0 Å². The molecular weight excluding hydrogens is 380 g/mol. The highest BCUT2D eigenvalue weighted by Crippen LogP contribution is 2.31. The second-order valence-electron chi connectivity index (χ2n) is 7.38. The Morgan fingerprint density at radius 2 is 1.93 bits per heavy atom. The van der Waals surface area contributed by atoms with Crippen molar-refractivity contribution in [3.05, 3.63) is 59.9 Å². The third kappa shape index (κ3) is 4.25. The Labute approximate surface area is 175 Å². The lowest BCUT2D eigenvalue weighted by molar-refractivity contribution is -0.105. The van der Waals surface area contributed by atoms with Gasteiger partial charge in [-0.2, -0.15) is 0 Å². The molecule has 30 heavy (non-hydrogen) atoms. The van der Waals surface area contributed by atoms with Crippen LogP contribution in [0, 0.1) is 0 Å². The highest BCUT2D eigenvalue weighted by Gasteiger charge is 2.21. The molecule has 0 bridgehead atoms. The molecular formula is C23H24N4O3. The van der Waals surface area contributed by atoms with Crippen molar-refractivity contribution in [2.75, 3.05) is 23.3 Å². The van der Waals surface area contributed by atoms with Crippen molar-refractivity contribution in [3.8, 4) is 0 Å². The number of benzene rings is 1. The van der Waals surface area contributed by atoms with Gasteiger partial charge < -0.3 is 15.0 Å². The Hall–Kier alpha value is -3.48. The van der Waals surface area contributed by atoms with Gasteiger partial charge in [-0.3, -0.25) is 4.79 Å². The number of esters is 1. The summed E-state index contributed by atoms with van der Waals surface area (Å²) in [5.74, 6) is 0.934. The molecule has 2 aromatic heterocycles. The zero-order valence-corrected chi connectivity index (χ0v) is 16.9. The Balaban J connectivity index is 1.70. The summed E-state index contributed by atoms with van der Waals surface area (Å²) in [5, 5.41) is 4.41. The highest BCUT2D eigenvalue weighted by molar-refractivity contribution is 5.95. The molecule has 0 spiro atoms. The van der Waals surface area contributed by atoms with Crippen molar-refractivity contribution >= 4 is 34.8 Å². The molecule has 0 radical (unpaired) electrons. The first-order valence-electron chi connectivity index (χ1n) is 10.2. The van der Waals surface area contributed by atoms with E-state index in [9.17, 15) is 9.59 Å². The summed E-state index contributed by atoms with van der Waals surface area (Å²) in [6.07, 6.45) is 5.23. The van der Waals surface area contributed by atoms with Crippen LogP contribution in [0.1, 0.15) is 48.3 Å². The number of ether oxygens (including phenoxy) is 1. The summed E-state index contributed by atoms with van der Waals surface area (Å²) in [6.45, 7) is 3.66. The van der Waals surface area contributed by atoms with E-state index in [2.05, 4.69) is 15.2 Å². The highest BCUT2D eigenvalue weighted by atomic mass is 16.5. The number of rotatable bonds is 6. The zero-order valence-electron chi connectivity index (χ0n) is 16.9. The van der Waals surface area contributed by atoms with Crippen LogP contribution < -0.4 is 10.2 Å². The molecule has 1 amide bonds. The minimum absolute atomic E-state index is 0.381. The first kappa shape index (κ1) is 19.8. The number of pyridine rings is 2. The maximum absolute atomic E-state index is 12.5. The van der Waals surface area contributed by atoms with E-state index >= 15 is 0 Å². The largest absolute Gasteiger partial charge is 0.453 e. The number of nitrogens with zero attached hydrogens (tertiary/aromatic N) is 3. The van der Waals surface area contributed by atoms with Crippen LogP contribution in [0.15, 0.2) is 48.7 Å². The summed E-state index contributed by atoms with van der Waals surface area (Å²) < 4.78 is 5.68. The minimum Gasteiger partial charge on any atom is -0.453 e. The minimum atomic E-state index is -0.515. The van der Waals surface area contributed by atoms with Gasteiger partial charge >= 0.3 is 5.97 Å². The van der Waals surface area contributed by atoms with Gasteiger partial charge in [-0.15, -0.1) is 0 Å². The SMILES string of the molecule is C[C@@H](OC(=O)c1ccccc1)c1cc2cnc(NC=O)cc2c(N2CCCCC2)n1. The molecule has 1 aliphatic heterocycles. The van der Waals surface area contributed by atoms with Crippen LogP contribution in [0.4, 0.5) is 11.6 Å². The molecule has 1 fully saturated rings. The number of amides is 1. The predicted octanol–water partition coefficient (Wildman–Crippen LogP) is 4.11. The maximum Gasteiger partial charge on any atom is 0.338 e. The Morgan fingerprint density at radius 1 is 1.17 bits per heavy atom. The van der Waals surface area contributed by atoms with E-state index in [0.717, 1.165) is 42.5 Å². The number of hydrogen-bond acceptors (Lipinski definition) is 6. The van der Waals surface area contributed by atoms with Gasteiger partial charge in [0, 0.05) is 30.1 Å². The third-order valence-corrected chi connectivity index (χ3v) is 5.29. The number of aromatic nitrogens is 2. The number of carbonyl (C=O) groups excluding carboxylic acids is 2. The molecule has 0 unspecified atom stereocenters. The number of nitrogens with one attached hydrogen (secondary N) is 1. The normalized spacial score (nSPS) is 14.9. The summed E-state index contributed by atoms with van der Waals surface area (Å²) in [7, 11) is 0. The fraction of sp³-hybridized carbons (Fsp3) is 0.304. The maximum atomic E-state index is 12.5. The number of hydrogen-bond donors (Lipinski definition) is 1. The number of piperidine rings is 1. The topological polar surface area (TPSA) is 84.4 Å². The number of fused-ring (bicyclic) bond motifs is 1. The molecule has 1 atom stereocenters. The summed E-state index contributed by atoms with van der Waals surface area (Å²) in [4.78, 5) is 34.7. The van der Waals surface area contributed by atoms with Gasteiger partial charge in [0.25, 0.3) is 0 Å². The second-order valence-corrected chi connectivity index (χ2v) is 7.38. The Kier molecular flexibility index (Phi) is 5.88. The van der Waals surface area contributed by atoms with E-state index in [1.165, 1.54) is 6.42 Å². The van der Waals surface area contributed by atoms with Crippen LogP contribution in [-0.2, 0) is 9.53 Å². The zero-order chi connectivity index (χ0) is 20.9. The molecule has 7 heteroatoms. The summed E-state index contributed by atoms with van der Waals surface area (Å²) >= 11 is 0. The van der Waals surface area contributed by atoms with Gasteiger partial charge in [-0.25, -0.2) is 14.8 Å². The molecule has 154 valence electrons. The fourth-order valence-corrected chi connectivity index (χ4v) is 3.71. The monoisotopic (exact) mass is 404 g/mol. The lowest BCUT2D eigenvalue weighted by atomic mass is 10.1. The fourth-order valence-electron chi connectivity index (χ4n) is 3.71. The first-order valence-corrected chi connectivity index (χ1v) is 10.2. The molecule has 3 aromatic rings. The molecule has 1 aliphatic rings. The van der Waals surface area contributed by atoms with Crippen LogP contribution in [0.3, 0.4) is 0 Å². The van der Waals surface area contributed by atoms with Crippen LogP contribution in [-0.4, -0.2) is 35.4 Å². The average Bonchev–Trinajstić information content (AvgIpc) is 2.79. The van der Waals surface area contributed by atoms with Crippen molar-refractivity contribution in [1.82, 2.24) is 9.97 Å². The van der Waals surface area contributed by atoms with Crippen LogP contribution in [0.5, 0.6) is 0 Å². The molecule has 0 saturated carbocycles. The van der Waals surface area contributed by atoms with Gasteiger partial charge in [0.2, 0.25) is 6.41 Å². The molecule has 1 aromatic carbocycles. The van der Waals surface area contributed by atoms with Crippen LogP contribution in [0.2, 0.25) is 0 Å². The molecule has 3 heterocycles. The molecule has 4 rings (SSSR count). The van der Waals surface area contributed by atoms with Crippen molar-refractivity contribution in [2.45, 2.75) is 32.3 Å². The Bertz CT molecular complexity index is 1050. The second kappa shape index (κ2) is 8.90. The van der Waals surface area contributed by atoms with Crippen molar-refractivity contribution in [3.63, 3.8) is 0 Å². The standard InChI is InChI=1S/C23H24N4O3/c1-16(30-23(29)17-8-4-2-5-9-17)20-12-18-14-24-21(25-15-28)13-19(18)22(26-20)27-10-6-3-7-11-27/h2,4-5,8-9,12-16H,3,6-7,10-11H2,1H3,(H,24,25,28)/t16-/m1/s1. The third-order valence-electron chi connectivity index (χ3n) is 5.29. The first-order chi connectivity index (χ1) is 14.7. The quantitative estimate of drug-likeness (QED) is 0.492. The van der Waals surface area contributed by atoms with Crippen molar-refractivity contribution < 1.29 is 14.3 Å². The Morgan fingerprint density at radius 3 is 2.67 bits per heavy atom. The molecule has 0 aliphatic carbocycles. The van der Waals surface area contributed by atoms with E-state index in [0.29, 0.717) is 23.5 Å². The van der Waals surface area contributed by atoms with Crippen LogP contribution >= 0.6 is 0 Å². The number of anilines is 2. The molecule has 1 N–H and O–H groups in total. The summed E-state index contributed by atoms with van der Waals surface area (Å²) in [5.41, 5.74) is 1.18. The molecule has 7 nitrogen and oxygen atoms in total. The average molecular weight is 404 g/mol. The number of carbonyl (C=O) groups is 2. The smallest absolute Gasteiger partial charge is 0.338 e. The van der Waals surface area contributed by atoms with E-state index in [4.69, 9.17) is 9.72 Å². The van der Waals surface area contributed by atoms with Gasteiger partial charge in [-0.05, 0) is 50.5 Å². The van der Waals surface area contributed by atoms with Crippen molar-refractivity contribution in [2.24, 2.45) is 0 Å². The van der Waals surface area contributed by atoms with E-state index in [-0.39, 0.29) is 5.97 Å². The van der Waals surface area contributed by atoms with Gasteiger partial charge in [0.05, 0.1) is 11.3 Å². The van der Waals surface area contributed by atoms with E-state index < -0.39 is 6.10 Å². The molecule has 1 saturated heterocycles. The van der Waals surface area contributed by atoms with E-state index in [1.54, 1.807) is 30.5 Å². The lowest BCUT2D eigenvalue weighted by Gasteiger charge is -2.29. The predicted molar refractivity (Wildman–Crippen MR) is 116 cm³/mol. The van der Waals surface area contributed by atoms with Crippen molar-refractivity contribution in [1.29, 1.82) is 0 Å². The van der Waals surface area contributed by atoms with E-state index in [1.807, 2.05) is 25.1 Å². The van der Waals surface area contributed by atoms with Gasteiger partial charge in [0.1, 0.15) is 17.7 Å². The lowest BCUT2D eigenvalue weighted by Crippen LogP contribution is -2.30. The van der Waals surface area contributed by atoms with Gasteiger partial charge in [-0.1, -0.05) is 18.2 Å². The van der Waals surface area contributed by atoms with Crippen LogP contribution in [0.25, 0.3) is 10.8 Å².